The fourth-order valence-electron chi connectivity index (χ4n) is 2.85. The van der Waals surface area contributed by atoms with Crippen LogP contribution in [0.1, 0.15) is 11.1 Å². The van der Waals surface area contributed by atoms with Gasteiger partial charge in [0.2, 0.25) is 0 Å². The highest BCUT2D eigenvalue weighted by Crippen LogP contribution is 2.29. The molecule has 1 N–H and O–H groups in total. The van der Waals surface area contributed by atoms with E-state index in [1.165, 1.54) is 16.7 Å². The van der Waals surface area contributed by atoms with E-state index in [2.05, 4.69) is 57.0 Å². The molecule has 0 bridgehead atoms. The molecular weight excluding hydrogens is 318 g/mol. The number of rotatable bonds is 4. The van der Waals surface area contributed by atoms with Crippen LogP contribution >= 0.6 is 11.3 Å². The number of anilines is 1. The first-order chi connectivity index (χ1) is 11.7. The molecule has 0 spiro atoms. The molecule has 0 radical (unpaired) electrons. The monoisotopic (exact) mass is 335 g/mol. The van der Waals surface area contributed by atoms with Gasteiger partial charge in [-0.1, -0.05) is 24.3 Å². The van der Waals surface area contributed by atoms with Crippen LogP contribution in [0.5, 0.6) is 0 Å². The Kier molecular flexibility index (Phi) is 3.74. The van der Waals surface area contributed by atoms with Crippen molar-refractivity contribution in [3.8, 4) is 11.1 Å². The maximum Gasteiger partial charge on any atom is 0.138 e. The SMILES string of the molecule is Cc1csc2ncnc(NCc3ccccc3-c3cnn(C)c3)c12. The van der Waals surface area contributed by atoms with Gasteiger partial charge in [0.05, 0.1) is 11.6 Å². The minimum Gasteiger partial charge on any atom is -0.365 e. The highest BCUT2D eigenvalue weighted by molar-refractivity contribution is 7.17. The summed E-state index contributed by atoms with van der Waals surface area (Å²) in [6.45, 7) is 2.80. The zero-order chi connectivity index (χ0) is 16.5. The van der Waals surface area contributed by atoms with Crippen molar-refractivity contribution in [2.24, 2.45) is 7.05 Å². The van der Waals surface area contributed by atoms with Crippen molar-refractivity contribution >= 4 is 27.4 Å². The molecule has 0 atom stereocenters. The fourth-order valence-corrected chi connectivity index (χ4v) is 3.74. The van der Waals surface area contributed by atoms with E-state index in [-0.39, 0.29) is 0 Å². The number of thiophene rings is 1. The smallest absolute Gasteiger partial charge is 0.138 e. The normalized spacial score (nSPS) is 11.1. The maximum absolute atomic E-state index is 4.43. The molecule has 0 aliphatic rings. The maximum atomic E-state index is 4.43. The fraction of sp³-hybridized carbons (Fsp3) is 0.167. The van der Waals surface area contributed by atoms with E-state index < -0.39 is 0 Å². The van der Waals surface area contributed by atoms with Gasteiger partial charge in [-0.25, -0.2) is 9.97 Å². The summed E-state index contributed by atoms with van der Waals surface area (Å²) in [6, 6.07) is 8.37. The Hall–Kier alpha value is -2.73. The van der Waals surface area contributed by atoms with Gasteiger partial charge in [-0.15, -0.1) is 11.3 Å². The summed E-state index contributed by atoms with van der Waals surface area (Å²) in [5.41, 5.74) is 4.73. The van der Waals surface area contributed by atoms with Gasteiger partial charge in [0.15, 0.2) is 0 Å². The minimum absolute atomic E-state index is 0.701. The Morgan fingerprint density at radius 3 is 2.92 bits per heavy atom. The minimum atomic E-state index is 0.701. The zero-order valence-electron chi connectivity index (χ0n) is 13.5. The molecule has 5 nitrogen and oxygen atoms in total. The van der Waals surface area contributed by atoms with Crippen LogP contribution < -0.4 is 5.32 Å². The summed E-state index contributed by atoms with van der Waals surface area (Å²) < 4.78 is 1.82. The van der Waals surface area contributed by atoms with Crippen LogP contribution in [0, 0.1) is 6.92 Å². The van der Waals surface area contributed by atoms with Crippen LogP contribution in [0.4, 0.5) is 5.82 Å². The van der Waals surface area contributed by atoms with Crippen molar-refractivity contribution in [3.05, 3.63) is 59.5 Å². The first kappa shape index (κ1) is 14.8. The molecule has 0 fully saturated rings. The number of hydrogen-bond acceptors (Lipinski definition) is 5. The third kappa shape index (κ3) is 2.65. The third-order valence-corrected chi connectivity index (χ3v) is 5.04. The first-order valence-electron chi connectivity index (χ1n) is 7.72. The number of hydrogen-bond donors (Lipinski definition) is 1. The van der Waals surface area contributed by atoms with Crippen LogP contribution in [0.2, 0.25) is 0 Å². The highest BCUT2D eigenvalue weighted by atomic mass is 32.1. The Morgan fingerprint density at radius 2 is 2.08 bits per heavy atom. The summed E-state index contributed by atoms with van der Waals surface area (Å²) in [5.74, 6) is 0.889. The second-order valence-corrected chi connectivity index (χ2v) is 6.59. The zero-order valence-corrected chi connectivity index (χ0v) is 14.3. The largest absolute Gasteiger partial charge is 0.365 e. The van der Waals surface area contributed by atoms with Crippen LogP contribution in [-0.4, -0.2) is 19.7 Å². The molecule has 0 aliphatic heterocycles. The molecule has 4 rings (SSSR count). The standard InChI is InChI=1S/C18H17N5S/c1-12-10-24-18-16(12)17(20-11-21-18)19-7-13-5-3-4-6-15(13)14-8-22-23(2)9-14/h3-6,8-11H,7H2,1-2H3,(H,19,20,21). The average molecular weight is 335 g/mol. The first-order valence-corrected chi connectivity index (χ1v) is 8.60. The van der Waals surface area contributed by atoms with Crippen molar-refractivity contribution in [1.82, 2.24) is 19.7 Å². The van der Waals surface area contributed by atoms with Crippen LogP contribution in [0.3, 0.4) is 0 Å². The topological polar surface area (TPSA) is 55.6 Å². The molecule has 0 saturated heterocycles. The second kappa shape index (κ2) is 6.05. The van der Waals surface area contributed by atoms with Crippen molar-refractivity contribution in [2.75, 3.05) is 5.32 Å². The molecule has 0 saturated carbocycles. The lowest BCUT2D eigenvalue weighted by atomic mass is 10.0. The molecule has 0 aliphatic carbocycles. The molecule has 24 heavy (non-hydrogen) atoms. The van der Waals surface area contributed by atoms with Crippen molar-refractivity contribution in [2.45, 2.75) is 13.5 Å². The summed E-state index contributed by atoms with van der Waals surface area (Å²) in [6.07, 6.45) is 5.54. The van der Waals surface area contributed by atoms with Gasteiger partial charge in [-0.05, 0) is 29.0 Å². The lowest BCUT2D eigenvalue weighted by molar-refractivity contribution is 0.768. The van der Waals surface area contributed by atoms with E-state index in [9.17, 15) is 0 Å². The van der Waals surface area contributed by atoms with Crippen LogP contribution in [-0.2, 0) is 13.6 Å². The molecule has 3 heterocycles. The van der Waals surface area contributed by atoms with Gasteiger partial charge in [0.25, 0.3) is 0 Å². The van der Waals surface area contributed by atoms with E-state index in [0.29, 0.717) is 6.54 Å². The average Bonchev–Trinajstić information content (AvgIpc) is 3.20. The molecule has 0 unspecified atom stereocenters. The Balaban J connectivity index is 1.66. The predicted molar refractivity (Wildman–Crippen MR) is 98.1 cm³/mol. The predicted octanol–water partition coefficient (Wildman–Crippen LogP) is 4.01. The summed E-state index contributed by atoms with van der Waals surface area (Å²) in [4.78, 5) is 9.79. The summed E-state index contributed by atoms with van der Waals surface area (Å²) >= 11 is 1.65. The molecule has 120 valence electrons. The number of aryl methyl sites for hydroxylation is 2. The molecule has 4 aromatic rings. The van der Waals surface area contributed by atoms with Gasteiger partial charge in [-0.2, -0.15) is 5.10 Å². The number of benzene rings is 1. The van der Waals surface area contributed by atoms with Gasteiger partial charge in [-0.3, -0.25) is 4.68 Å². The second-order valence-electron chi connectivity index (χ2n) is 5.73. The lowest BCUT2D eigenvalue weighted by Gasteiger charge is -2.11. The van der Waals surface area contributed by atoms with E-state index in [4.69, 9.17) is 0 Å². The number of aromatic nitrogens is 4. The summed E-state index contributed by atoms with van der Waals surface area (Å²) in [5, 5.41) is 11.0. The Bertz CT molecular complexity index is 1000. The Labute approximate surface area is 144 Å². The number of fused-ring (bicyclic) bond motifs is 1. The number of nitrogens with zero attached hydrogens (tertiary/aromatic N) is 4. The third-order valence-electron chi connectivity index (χ3n) is 4.03. The van der Waals surface area contributed by atoms with Gasteiger partial charge in [0, 0.05) is 25.4 Å². The molecule has 1 aromatic carbocycles. The van der Waals surface area contributed by atoms with Crippen molar-refractivity contribution in [1.29, 1.82) is 0 Å². The van der Waals surface area contributed by atoms with E-state index in [0.717, 1.165) is 21.6 Å². The molecular formula is C18H17N5S. The van der Waals surface area contributed by atoms with Gasteiger partial charge >= 0.3 is 0 Å². The highest BCUT2D eigenvalue weighted by Gasteiger charge is 2.10. The van der Waals surface area contributed by atoms with E-state index in [1.54, 1.807) is 17.7 Å². The lowest BCUT2D eigenvalue weighted by Crippen LogP contribution is -2.03. The van der Waals surface area contributed by atoms with E-state index in [1.807, 2.05) is 24.1 Å². The van der Waals surface area contributed by atoms with Gasteiger partial charge < -0.3 is 5.32 Å². The molecule has 0 amide bonds. The Morgan fingerprint density at radius 1 is 1.21 bits per heavy atom. The molecule has 6 heteroatoms. The number of nitrogens with one attached hydrogen (secondary N) is 1. The van der Waals surface area contributed by atoms with Crippen molar-refractivity contribution in [3.63, 3.8) is 0 Å². The molecule has 3 aromatic heterocycles. The van der Waals surface area contributed by atoms with Crippen LogP contribution in [0.25, 0.3) is 21.3 Å². The summed E-state index contributed by atoms with van der Waals surface area (Å²) in [7, 11) is 1.93. The van der Waals surface area contributed by atoms with Crippen molar-refractivity contribution < 1.29 is 0 Å². The van der Waals surface area contributed by atoms with E-state index >= 15 is 0 Å². The quantitative estimate of drug-likeness (QED) is 0.612. The van der Waals surface area contributed by atoms with Gasteiger partial charge in [0.1, 0.15) is 17.0 Å². The van der Waals surface area contributed by atoms with Crippen LogP contribution in [0.15, 0.2) is 48.4 Å².